The summed E-state index contributed by atoms with van der Waals surface area (Å²) in [7, 11) is 0. The van der Waals surface area contributed by atoms with E-state index in [4.69, 9.17) is 4.98 Å². The van der Waals surface area contributed by atoms with E-state index in [0.29, 0.717) is 39.7 Å². The number of hydrogen-bond donors (Lipinski definition) is 3. The van der Waals surface area contributed by atoms with E-state index < -0.39 is 57.3 Å². The van der Waals surface area contributed by atoms with Crippen LogP contribution in [0.15, 0.2) is 28.7 Å². The first kappa shape index (κ1) is 33.9. The number of aromatic nitrogens is 1. The zero-order valence-electron chi connectivity index (χ0n) is 30.4. The maximum absolute atomic E-state index is 14.9. The van der Waals surface area contributed by atoms with Crippen LogP contribution >= 0.6 is 11.3 Å². The van der Waals surface area contributed by atoms with E-state index in [0.717, 1.165) is 17.5 Å². The maximum atomic E-state index is 14.9. The minimum absolute atomic E-state index is 0.0396. The molecule has 3 N–H and O–H groups in total. The predicted octanol–water partition coefficient (Wildman–Crippen LogP) is 7.77. The highest BCUT2D eigenvalue weighted by Gasteiger charge is 2.77. The number of carbonyl (C=O) groups excluding carboxylic acids is 4. The van der Waals surface area contributed by atoms with Crippen molar-refractivity contribution in [3.05, 3.63) is 45.5 Å². The molecule has 7 atom stereocenters. The second-order valence-corrected chi connectivity index (χ2v) is 18.6. The van der Waals surface area contributed by atoms with E-state index in [1.165, 1.54) is 50.4 Å². The number of phenolic OH excluding ortho intramolecular Hbond substituents is 1. The van der Waals surface area contributed by atoms with Crippen LogP contribution in [-0.4, -0.2) is 43.9 Å². The average molecular weight is 699 g/mol. The van der Waals surface area contributed by atoms with E-state index in [1.54, 1.807) is 19.9 Å². The second kappa shape index (κ2) is 10.9. The molecule has 2 aromatic rings. The first-order valence-electron chi connectivity index (χ1n) is 18.6. The van der Waals surface area contributed by atoms with Gasteiger partial charge in [0, 0.05) is 16.7 Å². The Hall–Kier alpha value is -3.17. The van der Waals surface area contributed by atoms with Gasteiger partial charge in [0.25, 0.3) is 0 Å². The number of nitrogens with one attached hydrogen (secondary N) is 1. The molecule has 7 aliphatic carbocycles. The number of rotatable bonds is 5. The number of aromatic hydroxyl groups is 1. The van der Waals surface area contributed by atoms with E-state index in [1.807, 2.05) is 40.7 Å². The molecule has 1 aromatic heterocycles. The van der Waals surface area contributed by atoms with E-state index in [2.05, 4.69) is 10.7 Å². The standard InChI is InChI=1S/C41H50N2O6S/c1-17(2)32-18(3)29(20(5)44)36(47)41(49)37(48)33-35(46)31-26(19(4)39(33,7)21(6)40(32,41)8)9-10-27(34(31)45)42-38-43-28(16-50-38)30-24-12-22-11-23(14-24)15-25(30)13-22/h9-10,16-17,19,21-25,30,32-33,45,49H,11-15H2,1-8H3,(H,42,43)/t19-,21-,22?,23?,24?,25?,30?,32+,33?,39-,40-,41+/m0/s1. The molecule has 0 spiro atoms. The molecule has 1 heterocycles. The summed E-state index contributed by atoms with van der Waals surface area (Å²) in [6.45, 7) is 14.6. The molecule has 266 valence electrons. The fourth-order valence-corrected chi connectivity index (χ4v) is 14.0. The number of nitrogens with zero attached hydrogens (tertiary/aromatic N) is 1. The first-order chi connectivity index (χ1) is 23.5. The highest BCUT2D eigenvalue weighted by atomic mass is 32.1. The van der Waals surface area contributed by atoms with Gasteiger partial charge < -0.3 is 15.5 Å². The Morgan fingerprint density at radius 3 is 2.22 bits per heavy atom. The lowest BCUT2D eigenvalue weighted by atomic mass is 9.35. The minimum Gasteiger partial charge on any atom is -0.505 e. The van der Waals surface area contributed by atoms with Gasteiger partial charge in [0.1, 0.15) is 5.75 Å². The number of aliphatic hydroxyl groups is 1. The zero-order valence-corrected chi connectivity index (χ0v) is 31.2. The summed E-state index contributed by atoms with van der Waals surface area (Å²) in [6, 6.07) is 3.64. The van der Waals surface area contributed by atoms with Crippen molar-refractivity contribution in [1.82, 2.24) is 4.98 Å². The predicted molar refractivity (Wildman–Crippen MR) is 192 cm³/mol. The number of carbonyl (C=O) groups is 4. The second-order valence-electron chi connectivity index (χ2n) is 17.7. The summed E-state index contributed by atoms with van der Waals surface area (Å²) in [5, 5.41) is 30.5. The fourth-order valence-electron chi connectivity index (χ4n) is 13.3. The van der Waals surface area contributed by atoms with Crippen LogP contribution in [0.2, 0.25) is 0 Å². The Morgan fingerprint density at radius 1 is 1.02 bits per heavy atom. The normalized spacial score (nSPS) is 41.7. The summed E-state index contributed by atoms with van der Waals surface area (Å²) in [5.74, 6) is -2.41. The third kappa shape index (κ3) is 4.05. The summed E-state index contributed by atoms with van der Waals surface area (Å²) < 4.78 is 0. The summed E-state index contributed by atoms with van der Waals surface area (Å²) >= 11 is 1.50. The highest BCUT2D eigenvalue weighted by molar-refractivity contribution is 7.13. The highest BCUT2D eigenvalue weighted by Crippen LogP contribution is 2.70. The minimum atomic E-state index is -2.58. The summed E-state index contributed by atoms with van der Waals surface area (Å²) in [5.41, 5.74) is -2.31. The number of phenols is 1. The molecular weight excluding hydrogens is 649 g/mol. The Kier molecular flexibility index (Phi) is 7.42. The lowest BCUT2D eigenvalue weighted by Crippen LogP contribution is -2.77. The van der Waals surface area contributed by atoms with Crippen LogP contribution in [0, 0.1) is 58.2 Å². The Bertz CT molecular complexity index is 1880. The molecule has 4 bridgehead atoms. The number of thiazole rings is 1. The first-order valence-corrected chi connectivity index (χ1v) is 19.5. The average Bonchev–Trinajstić information content (AvgIpc) is 3.49. The number of ketones is 4. The number of benzene rings is 1. The SMILES string of the molecule is CC(=O)C1=C(C)[C@@H](C(C)C)[C@]2(C)[C@@H](C)[C@@]3(C)C(C(=O)c4c(ccc(Nc5nc(C6C7CC8CC(C7)CC6C8)cs5)c4O)[C@@H]3C)C(=O)[C@]2(O)C1=O. The summed E-state index contributed by atoms with van der Waals surface area (Å²) in [4.78, 5) is 61.8. The molecule has 0 saturated heterocycles. The monoisotopic (exact) mass is 698 g/mol. The van der Waals surface area contributed by atoms with E-state index in [-0.39, 0.29) is 28.7 Å². The molecule has 50 heavy (non-hydrogen) atoms. The Morgan fingerprint density at radius 2 is 1.64 bits per heavy atom. The van der Waals surface area contributed by atoms with Gasteiger partial charge in [-0.1, -0.05) is 53.2 Å². The Labute approximate surface area is 298 Å². The molecule has 1 aromatic carbocycles. The van der Waals surface area contributed by atoms with Crippen molar-refractivity contribution in [1.29, 1.82) is 0 Å². The molecule has 5 fully saturated rings. The fraction of sp³-hybridized carbons (Fsp3) is 0.634. The molecule has 8 nitrogen and oxygen atoms in total. The number of anilines is 2. The largest absolute Gasteiger partial charge is 0.505 e. The van der Waals surface area contributed by atoms with Gasteiger partial charge in [-0.3, -0.25) is 19.2 Å². The number of allylic oxidation sites excluding steroid dienone is 1. The van der Waals surface area contributed by atoms with Crippen LogP contribution in [0.1, 0.15) is 121 Å². The van der Waals surface area contributed by atoms with Crippen LogP contribution in [0.25, 0.3) is 0 Å². The molecule has 7 aliphatic rings. The molecule has 9 heteroatoms. The van der Waals surface area contributed by atoms with Crippen molar-refractivity contribution < 1.29 is 29.4 Å². The van der Waals surface area contributed by atoms with Gasteiger partial charge in [-0.15, -0.1) is 11.3 Å². The lowest BCUT2D eigenvalue weighted by Gasteiger charge is -2.66. The third-order valence-electron chi connectivity index (χ3n) is 15.4. The van der Waals surface area contributed by atoms with Crippen molar-refractivity contribution >= 4 is 45.3 Å². The maximum Gasteiger partial charge on any atom is 0.206 e. The van der Waals surface area contributed by atoms with Gasteiger partial charge >= 0.3 is 0 Å². The van der Waals surface area contributed by atoms with Crippen molar-refractivity contribution in [2.45, 2.75) is 105 Å². The van der Waals surface area contributed by atoms with Gasteiger partial charge in [0.15, 0.2) is 28.1 Å². The Balaban J connectivity index is 1.17. The van der Waals surface area contributed by atoms with Crippen LogP contribution in [0.3, 0.4) is 0 Å². The van der Waals surface area contributed by atoms with Crippen molar-refractivity contribution in [2.24, 2.45) is 58.2 Å². The van der Waals surface area contributed by atoms with Crippen LogP contribution in [0.4, 0.5) is 10.8 Å². The molecule has 0 radical (unpaired) electrons. The van der Waals surface area contributed by atoms with Gasteiger partial charge in [-0.25, -0.2) is 4.98 Å². The van der Waals surface area contributed by atoms with Crippen LogP contribution < -0.4 is 5.32 Å². The van der Waals surface area contributed by atoms with Gasteiger partial charge in [0.05, 0.1) is 28.4 Å². The molecule has 1 unspecified atom stereocenters. The van der Waals surface area contributed by atoms with Crippen molar-refractivity contribution in [3.63, 3.8) is 0 Å². The molecule has 5 saturated carbocycles. The smallest absolute Gasteiger partial charge is 0.206 e. The quantitative estimate of drug-likeness (QED) is 0.164. The number of fused-ring (bicyclic) bond motifs is 3. The topological polar surface area (TPSA) is 134 Å². The molecular formula is C41H50N2O6S. The third-order valence-corrected chi connectivity index (χ3v) is 16.2. The molecule has 0 amide bonds. The van der Waals surface area contributed by atoms with Crippen molar-refractivity contribution in [3.8, 4) is 5.75 Å². The van der Waals surface area contributed by atoms with Gasteiger partial charge in [-0.2, -0.15) is 0 Å². The molecule has 0 aliphatic heterocycles. The van der Waals surface area contributed by atoms with Gasteiger partial charge in [-0.05, 0) is 110 Å². The van der Waals surface area contributed by atoms with Crippen LogP contribution in [0.5, 0.6) is 5.75 Å². The number of Topliss-reactive ketones (excluding diaryl/α,β-unsaturated/α-hetero) is 4. The van der Waals surface area contributed by atoms with Crippen LogP contribution in [-0.2, 0) is 14.4 Å². The van der Waals surface area contributed by atoms with E-state index in [9.17, 15) is 29.4 Å². The lowest BCUT2D eigenvalue weighted by molar-refractivity contribution is -0.211. The summed E-state index contributed by atoms with van der Waals surface area (Å²) in [6.07, 6.45) is 6.58. The zero-order chi connectivity index (χ0) is 36.0. The molecule has 9 rings (SSSR count). The number of hydrogen-bond acceptors (Lipinski definition) is 9. The van der Waals surface area contributed by atoms with Crippen molar-refractivity contribution in [2.75, 3.05) is 5.32 Å². The van der Waals surface area contributed by atoms with Gasteiger partial charge in [0.2, 0.25) is 5.78 Å². The van der Waals surface area contributed by atoms with E-state index >= 15 is 0 Å².